The first kappa shape index (κ1) is 21.0. The summed E-state index contributed by atoms with van der Waals surface area (Å²) in [6.45, 7) is 1.11. The van der Waals surface area contributed by atoms with Gasteiger partial charge in [-0.05, 0) is 49.1 Å². The molecule has 1 fully saturated rings. The highest BCUT2D eigenvalue weighted by Crippen LogP contribution is 2.26. The molecule has 28 heavy (non-hydrogen) atoms. The first-order valence-electron chi connectivity index (χ1n) is 8.76. The molecule has 150 valence electrons. The van der Waals surface area contributed by atoms with Crippen molar-refractivity contribution in [3.63, 3.8) is 0 Å². The summed E-state index contributed by atoms with van der Waals surface area (Å²) in [7, 11) is -3.79. The molecule has 9 heteroatoms. The van der Waals surface area contributed by atoms with Gasteiger partial charge in [0.25, 0.3) is 5.91 Å². The van der Waals surface area contributed by atoms with Crippen LogP contribution in [0.25, 0.3) is 0 Å². The summed E-state index contributed by atoms with van der Waals surface area (Å²) in [5.41, 5.74) is 0.0530. The van der Waals surface area contributed by atoms with E-state index in [2.05, 4.69) is 4.72 Å². The molecule has 0 aliphatic carbocycles. The number of hydrogen-bond acceptors (Lipinski definition) is 3. The maximum absolute atomic E-state index is 13.8. The number of nitrogens with zero attached hydrogens (tertiary/aromatic N) is 1. The number of amides is 1. The summed E-state index contributed by atoms with van der Waals surface area (Å²) < 4.78 is 41.3. The first-order chi connectivity index (χ1) is 13.3. The highest BCUT2D eigenvalue weighted by molar-refractivity contribution is 7.89. The van der Waals surface area contributed by atoms with Crippen LogP contribution >= 0.6 is 23.2 Å². The number of rotatable bonds is 5. The fourth-order valence-corrected chi connectivity index (χ4v) is 5.01. The number of carbonyl (C=O) groups is 1. The normalized spacial score (nSPS) is 15.6. The summed E-state index contributed by atoms with van der Waals surface area (Å²) >= 11 is 11.8. The lowest BCUT2D eigenvalue weighted by Crippen LogP contribution is -2.41. The molecule has 1 saturated heterocycles. The van der Waals surface area contributed by atoms with E-state index in [9.17, 15) is 17.6 Å². The van der Waals surface area contributed by atoms with Gasteiger partial charge in [0.15, 0.2) is 0 Å². The van der Waals surface area contributed by atoms with Crippen LogP contribution < -0.4 is 4.72 Å². The number of carbonyl (C=O) groups excluding carboxylic acids is 1. The third kappa shape index (κ3) is 4.84. The van der Waals surface area contributed by atoms with E-state index < -0.39 is 15.8 Å². The molecule has 0 atom stereocenters. The largest absolute Gasteiger partial charge is 0.339 e. The summed E-state index contributed by atoms with van der Waals surface area (Å²) in [6, 6.07) is 10.1. The fourth-order valence-electron chi connectivity index (χ4n) is 3.13. The Morgan fingerprint density at radius 3 is 2.50 bits per heavy atom. The molecule has 1 aliphatic heterocycles. The molecule has 1 aliphatic rings. The third-order valence-corrected chi connectivity index (χ3v) is 6.89. The second-order valence-corrected chi connectivity index (χ2v) is 9.22. The minimum absolute atomic E-state index is 0.0530. The van der Waals surface area contributed by atoms with Crippen LogP contribution in [0.5, 0.6) is 0 Å². The second-order valence-electron chi connectivity index (χ2n) is 6.64. The van der Waals surface area contributed by atoms with Crippen LogP contribution in [0, 0.1) is 11.7 Å². The quantitative estimate of drug-likeness (QED) is 0.758. The SMILES string of the molecule is O=C(c1ccccc1F)N1CCC(CNS(=O)(=O)c2cc(Cl)ccc2Cl)CC1. The van der Waals surface area contributed by atoms with E-state index in [1.165, 1.54) is 36.4 Å². The van der Waals surface area contributed by atoms with Crippen molar-refractivity contribution < 1.29 is 17.6 Å². The van der Waals surface area contributed by atoms with Gasteiger partial charge in [0.1, 0.15) is 10.7 Å². The van der Waals surface area contributed by atoms with Gasteiger partial charge in [-0.25, -0.2) is 17.5 Å². The van der Waals surface area contributed by atoms with Crippen molar-refractivity contribution in [3.05, 3.63) is 63.9 Å². The van der Waals surface area contributed by atoms with Crippen molar-refractivity contribution >= 4 is 39.1 Å². The molecular weight excluding hydrogens is 426 g/mol. The van der Waals surface area contributed by atoms with Gasteiger partial charge >= 0.3 is 0 Å². The van der Waals surface area contributed by atoms with Crippen LogP contribution in [0.4, 0.5) is 4.39 Å². The third-order valence-electron chi connectivity index (χ3n) is 4.75. The summed E-state index contributed by atoms with van der Waals surface area (Å²) in [6.07, 6.45) is 1.23. The molecule has 2 aromatic carbocycles. The minimum atomic E-state index is -3.79. The maximum Gasteiger partial charge on any atom is 0.256 e. The Morgan fingerprint density at radius 2 is 1.82 bits per heavy atom. The van der Waals surface area contributed by atoms with E-state index in [-0.39, 0.29) is 38.9 Å². The molecule has 0 aromatic heterocycles. The minimum Gasteiger partial charge on any atom is -0.339 e. The Kier molecular flexibility index (Phi) is 6.60. The molecule has 0 saturated carbocycles. The first-order valence-corrected chi connectivity index (χ1v) is 11.0. The topological polar surface area (TPSA) is 66.5 Å². The molecule has 5 nitrogen and oxygen atoms in total. The average Bonchev–Trinajstić information content (AvgIpc) is 2.68. The number of halogens is 3. The van der Waals surface area contributed by atoms with Crippen LogP contribution in [-0.2, 0) is 10.0 Å². The van der Waals surface area contributed by atoms with Crippen LogP contribution in [0.1, 0.15) is 23.2 Å². The van der Waals surface area contributed by atoms with Crippen molar-refractivity contribution in [3.8, 4) is 0 Å². The van der Waals surface area contributed by atoms with Gasteiger partial charge in [-0.1, -0.05) is 35.3 Å². The van der Waals surface area contributed by atoms with E-state index in [0.717, 1.165) is 0 Å². The molecular formula is C19H19Cl2FN2O3S. The number of likely N-dealkylation sites (tertiary alicyclic amines) is 1. The molecule has 1 heterocycles. The number of hydrogen-bond donors (Lipinski definition) is 1. The Balaban J connectivity index is 1.57. The Morgan fingerprint density at radius 1 is 1.14 bits per heavy atom. The Bertz CT molecular complexity index is 977. The molecule has 3 rings (SSSR count). The lowest BCUT2D eigenvalue weighted by Gasteiger charge is -2.32. The van der Waals surface area contributed by atoms with Crippen LogP contribution in [-0.4, -0.2) is 38.9 Å². The monoisotopic (exact) mass is 444 g/mol. The second kappa shape index (κ2) is 8.78. The van der Waals surface area contributed by atoms with Gasteiger partial charge in [-0.3, -0.25) is 4.79 Å². The van der Waals surface area contributed by atoms with E-state index >= 15 is 0 Å². The van der Waals surface area contributed by atoms with Gasteiger partial charge in [-0.15, -0.1) is 0 Å². The molecule has 0 spiro atoms. The highest BCUT2D eigenvalue weighted by Gasteiger charge is 2.27. The van der Waals surface area contributed by atoms with Crippen molar-refractivity contribution in [2.24, 2.45) is 5.92 Å². The average molecular weight is 445 g/mol. The Hall–Kier alpha value is -1.67. The molecule has 0 bridgehead atoms. The van der Waals surface area contributed by atoms with E-state index in [0.29, 0.717) is 25.9 Å². The van der Waals surface area contributed by atoms with E-state index in [1.807, 2.05) is 0 Å². The zero-order valence-electron chi connectivity index (χ0n) is 14.9. The lowest BCUT2D eigenvalue weighted by molar-refractivity contribution is 0.0687. The van der Waals surface area contributed by atoms with Crippen LogP contribution in [0.2, 0.25) is 10.0 Å². The van der Waals surface area contributed by atoms with Gasteiger partial charge in [0, 0.05) is 24.7 Å². The summed E-state index contributed by atoms with van der Waals surface area (Å²) in [5, 5.41) is 0.381. The van der Waals surface area contributed by atoms with Crippen molar-refractivity contribution in [1.29, 1.82) is 0 Å². The van der Waals surface area contributed by atoms with Gasteiger partial charge < -0.3 is 4.90 Å². The maximum atomic E-state index is 13.8. The molecule has 1 amide bonds. The highest BCUT2D eigenvalue weighted by atomic mass is 35.5. The van der Waals surface area contributed by atoms with Gasteiger partial charge in [0.05, 0.1) is 10.6 Å². The zero-order valence-corrected chi connectivity index (χ0v) is 17.2. The predicted octanol–water partition coefficient (Wildman–Crippen LogP) is 3.96. The molecule has 0 unspecified atom stereocenters. The van der Waals surface area contributed by atoms with E-state index in [1.54, 1.807) is 11.0 Å². The van der Waals surface area contributed by atoms with Gasteiger partial charge in [0.2, 0.25) is 10.0 Å². The standard InChI is InChI=1S/C19H19Cl2FN2O3S/c20-14-5-6-16(21)18(11-14)28(26,27)23-12-13-7-9-24(10-8-13)19(25)15-3-1-2-4-17(15)22/h1-6,11,13,23H,7-10,12H2. The smallest absolute Gasteiger partial charge is 0.256 e. The van der Waals surface area contributed by atoms with Crippen molar-refractivity contribution in [2.75, 3.05) is 19.6 Å². The van der Waals surface area contributed by atoms with Crippen molar-refractivity contribution in [2.45, 2.75) is 17.7 Å². The molecule has 0 radical (unpaired) electrons. The van der Waals surface area contributed by atoms with Crippen molar-refractivity contribution in [1.82, 2.24) is 9.62 Å². The number of sulfonamides is 1. The van der Waals surface area contributed by atoms with Crippen LogP contribution in [0.3, 0.4) is 0 Å². The van der Waals surface area contributed by atoms with Crippen LogP contribution in [0.15, 0.2) is 47.4 Å². The molecule has 1 N–H and O–H groups in total. The summed E-state index contributed by atoms with van der Waals surface area (Å²) in [5.74, 6) is -0.818. The fraction of sp³-hybridized carbons (Fsp3) is 0.316. The zero-order chi connectivity index (χ0) is 20.3. The Labute approximate surface area is 173 Å². The predicted molar refractivity (Wildman–Crippen MR) is 107 cm³/mol. The van der Waals surface area contributed by atoms with E-state index in [4.69, 9.17) is 23.2 Å². The number of nitrogens with one attached hydrogen (secondary N) is 1. The molecule has 2 aromatic rings. The number of benzene rings is 2. The lowest BCUT2D eigenvalue weighted by atomic mass is 9.96. The number of piperidine rings is 1. The summed E-state index contributed by atoms with van der Waals surface area (Å²) in [4.78, 5) is 14.0. The van der Waals surface area contributed by atoms with Gasteiger partial charge in [-0.2, -0.15) is 0 Å².